The van der Waals surface area contributed by atoms with Gasteiger partial charge in [-0.15, -0.1) is 0 Å². The Labute approximate surface area is 151 Å². The minimum absolute atomic E-state index is 0.257. The number of hydrogen-bond donors (Lipinski definition) is 0. The van der Waals surface area contributed by atoms with E-state index in [1.807, 2.05) is 29.2 Å². The van der Waals surface area contributed by atoms with Crippen LogP contribution >= 0.6 is 0 Å². The standard InChI is InChI=1S/C20H22F2N2O2/c1-3-26-19(25)17-10-15-6-4-5-7-16(15)13-24(17)12-14-8-9-18(23-11-14)20(2,21)22/h4-9,11,17H,3,10,12-13H2,1-2H3. The van der Waals surface area contributed by atoms with Crippen molar-refractivity contribution >= 4 is 5.97 Å². The van der Waals surface area contributed by atoms with Crippen LogP contribution in [0.3, 0.4) is 0 Å². The van der Waals surface area contributed by atoms with E-state index < -0.39 is 12.0 Å². The average molecular weight is 360 g/mol. The third-order valence-electron chi connectivity index (χ3n) is 4.56. The minimum Gasteiger partial charge on any atom is -0.465 e. The zero-order chi connectivity index (χ0) is 18.7. The van der Waals surface area contributed by atoms with Crippen LogP contribution < -0.4 is 0 Å². The molecule has 1 unspecified atom stereocenters. The molecule has 138 valence electrons. The summed E-state index contributed by atoms with van der Waals surface area (Å²) in [4.78, 5) is 18.3. The molecule has 3 rings (SSSR count). The second-order valence-electron chi connectivity index (χ2n) is 6.59. The average Bonchev–Trinajstić information content (AvgIpc) is 2.61. The molecule has 1 aromatic carbocycles. The molecule has 1 aliphatic rings. The summed E-state index contributed by atoms with van der Waals surface area (Å²) in [5.41, 5.74) is 2.83. The van der Waals surface area contributed by atoms with E-state index in [0.717, 1.165) is 23.6 Å². The van der Waals surface area contributed by atoms with Crippen molar-refractivity contribution in [3.63, 3.8) is 0 Å². The zero-order valence-corrected chi connectivity index (χ0v) is 14.9. The molecule has 4 nitrogen and oxygen atoms in total. The summed E-state index contributed by atoms with van der Waals surface area (Å²) in [6.45, 7) is 3.98. The normalized spacial score (nSPS) is 17.6. The smallest absolute Gasteiger partial charge is 0.323 e. The van der Waals surface area contributed by atoms with Crippen LogP contribution in [0.25, 0.3) is 0 Å². The predicted octanol–water partition coefficient (Wildman–Crippen LogP) is 3.68. The molecule has 0 bridgehead atoms. The molecule has 1 aliphatic heterocycles. The van der Waals surface area contributed by atoms with Gasteiger partial charge in [0.05, 0.1) is 6.61 Å². The molecule has 0 spiro atoms. The highest BCUT2D eigenvalue weighted by Gasteiger charge is 2.32. The summed E-state index contributed by atoms with van der Waals surface area (Å²) in [7, 11) is 0. The van der Waals surface area contributed by atoms with E-state index in [2.05, 4.69) is 4.98 Å². The quantitative estimate of drug-likeness (QED) is 0.763. The lowest BCUT2D eigenvalue weighted by molar-refractivity contribution is -0.150. The number of aromatic nitrogens is 1. The van der Waals surface area contributed by atoms with E-state index in [1.165, 1.54) is 12.3 Å². The summed E-state index contributed by atoms with van der Waals surface area (Å²) in [6, 6.07) is 10.6. The molecule has 2 aromatic rings. The number of pyridine rings is 1. The zero-order valence-electron chi connectivity index (χ0n) is 14.9. The summed E-state index contributed by atoms with van der Waals surface area (Å²) >= 11 is 0. The monoisotopic (exact) mass is 360 g/mol. The van der Waals surface area contributed by atoms with Gasteiger partial charge in [-0.2, -0.15) is 8.78 Å². The summed E-state index contributed by atoms with van der Waals surface area (Å²) in [6.07, 6.45) is 2.03. The van der Waals surface area contributed by atoms with Crippen molar-refractivity contribution in [3.8, 4) is 0 Å². The van der Waals surface area contributed by atoms with Gasteiger partial charge in [0.25, 0.3) is 5.92 Å². The van der Waals surface area contributed by atoms with Crippen molar-refractivity contribution in [1.29, 1.82) is 0 Å². The largest absolute Gasteiger partial charge is 0.465 e. The van der Waals surface area contributed by atoms with Crippen molar-refractivity contribution in [3.05, 3.63) is 65.0 Å². The van der Waals surface area contributed by atoms with E-state index in [4.69, 9.17) is 4.74 Å². The fraction of sp³-hybridized carbons (Fsp3) is 0.400. The third kappa shape index (κ3) is 4.07. The lowest BCUT2D eigenvalue weighted by Crippen LogP contribution is -2.45. The van der Waals surface area contributed by atoms with Gasteiger partial charge >= 0.3 is 5.97 Å². The van der Waals surface area contributed by atoms with Crippen LogP contribution in [-0.4, -0.2) is 28.5 Å². The van der Waals surface area contributed by atoms with Gasteiger partial charge in [0.1, 0.15) is 11.7 Å². The first-order chi connectivity index (χ1) is 12.4. The van der Waals surface area contributed by atoms with Crippen molar-refractivity contribution in [1.82, 2.24) is 9.88 Å². The van der Waals surface area contributed by atoms with Crippen LogP contribution in [0.4, 0.5) is 8.78 Å². The lowest BCUT2D eigenvalue weighted by Gasteiger charge is -2.35. The Kier molecular flexibility index (Phi) is 5.32. The minimum atomic E-state index is -2.96. The molecule has 0 saturated carbocycles. The highest BCUT2D eigenvalue weighted by molar-refractivity contribution is 5.76. The van der Waals surface area contributed by atoms with Crippen LogP contribution in [0.1, 0.15) is 36.2 Å². The first kappa shape index (κ1) is 18.5. The molecular formula is C20H22F2N2O2. The van der Waals surface area contributed by atoms with Crippen molar-refractivity contribution in [2.45, 2.75) is 45.3 Å². The molecule has 0 amide bonds. The molecule has 0 radical (unpaired) electrons. The Morgan fingerprint density at radius 3 is 2.62 bits per heavy atom. The molecule has 6 heteroatoms. The maximum absolute atomic E-state index is 13.3. The number of carbonyl (C=O) groups is 1. The highest BCUT2D eigenvalue weighted by atomic mass is 19.3. The van der Waals surface area contributed by atoms with E-state index in [0.29, 0.717) is 26.1 Å². The lowest BCUT2D eigenvalue weighted by atomic mass is 9.93. The Morgan fingerprint density at radius 2 is 2.00 bits per heavy atom. The SMILES string of the molecule is CCOC(=O)C1Cc2ccccc2CN1Cc1ccc(C(C)(F)F)nc1. The van der Waals surface area contributed by atoms with Gasteiger partial charge in [-0.1, -0.05) is 30.3 Å². The van der Waals surface area contributed by atoms with Crippen LogP contribution in [0.2, 0.25) is 0 Å². The summed E-state index contributed by atoms with van der Waals surface area (Å²) in [5, 5.41) is 0. The van der Waals surface area contributed by atoms with E-state index >= 15 is 0 Å². The van der Waals surface area contributed by atoms with E-state index in [-0.39, 0.29) is 11.7 Å². The molecule has 0 fully saturated rings. The number of ether oxygens (including phenoxy) is 1. The number of carbonyl (C=O) groups excluding carboxylic acids is 1. The van der Waals surface area contributed by atoms with E-state index in [1.54, 1.807) is 13.0 Å². The highest BCUT2D eigenvalue weighted by Crippen LogP contribution is 2.27. The van der Waals surface area contributed by atoms with Crippen molar-refractivity contribution < 1.29 is 18.3 Å². The van der Waals surface area contributed by atoms with Gasteiger partial charge in [0.2, 0.25) is 0 Å². The molecule has 1 atom stereocenters. The Hall–Kier alpha value is -2.34. The first-order valence-electron chi connectivity index (χ1n) is 8.69. The second kappa shape index (κ2) is 7.50. The van der Waals surface area contributed by atoms with Crippen molar-refractivity contribution in [2.24, 2.45) is 0 Å². The maximum Gasteiger partial charge on any atom is 0.323 e. The number of hydrogen-bond acceptors (Lipinski definition) is 4. The third-order valence-corrected chi connectivity index (χ3v) is 4.56. The van der Waals surface area contributed by atoms with Crippen LogP contribution in [0.5, 0.6) is 0 Å². The van der Waals surface area contributed by atoms with Crippen molar-refractivity contribution in [2.75, 3.05) is 6.61 Å². The molecule has 26 heavy (non-hydrogen) atoms. The van der Waals surface area contributed by atoms with Gasteiger partial charge < -0.3 is 4.74 Å². The molecule has 0 saturated heterocycles. The Bertz CT molecular complexity index is 772. The fourth-order valence-corrected chi connectivity index (χ4v) is 3.23. The summed E-state index contributed by atoms with van der Waals surface area (Å²) < 4.78 is 31.9. The molecular weight excluding hydrogens is 338 g/mol. The topological polar surface area (TPSA) is 42.4 Å². The number of fused-ring (bicyclic) bond motifs is 1. The number of benzene rings is 1. The van der Waals surface area contributed by atoms with Crippen LogP contribution in [0, 0.1) is 0 Å². The van der Waals surface area contributed by atoms with Gasteiger partial charge in [-0.05, 0) is 36.1 Å². The van der Waals surface area contributed by atoms with E-state index in [9.17, 15) is 13.6 Å². The Morgan fingerprint density at radius 1 is 1.27 bits per heavy atom. The van der Waals surface area contributed by atoms with Crippen LogP contribution in [0.15, 0.2) is 42.6 Å². The number of esters is 1. The molecule has 2 heterocycles. The summed E-state index contributed by atoms with van der Waals surface area (Å²) in [5.74, 6) is -3.22. The molecule has 0 aliphatic carbocycles. The number of alkyl halides is 2. The Balaban J connectivity index is 1.82. The predicted molar refractivity (Wildman–Crippen MR) is 93.6 cm³/mol. The van der Waals surface area contributed by atoms with Gasteiger partial charge in [0.15, 0.2) is 0 Å². The number of halogens is 2. The molecule has 0 N–H and O–H groups in total. The van der Waals surface area contributed by atoms with Crippen LogP contribution in [-0.2, 0) is 35.0 Å². The van der Waals surface area contributed by atoms with Gasteiger partial charge in [-0.3, -0.25) is 14.7 Å². The second-order valence-corrected chi connectivity index (χ2v) is 6.59. The van der Waals surface area contributed by atoms with Gasteiger partial charge in [-0.25, -0.2) is 0 Å². The number of rotatable bonds is 5. The maximum atomic E-state index is 13.3. The first-order valence-corrected chi connectivity index (χ1v) is 8.69. The molecule has 1 aromatic heterocycles. The fourth-order valence-electron chi connectivity index (χ4n) is 3.23. The van der Waals surface area contributed by atoms with Gasteiger partial charge in [0, 0.05) is 26.2 Å². The number of nitrogens with zero attached hydrogens (tertiary/aromatic N) is 2.